The number of sulfonamides is 1. The van der Waals surface area contributed by atoms with Gasteiger partial charge in [-0.3, -0.25) is 0 Å². The predicted octanol–water partition coefficient (Wildman–Crippen LogP) is 2.06. The van der Waals surface area contributed by atoms with Crippen molar-refractivity contribution in [3.05, 3.63) is 29.3 Å². The van der Waals surface area contributed by atoms with Crippen molar-refractivity contribution in [3.63, 3.8) is 0 Å². The molecule has 20 heavy (non-hydrogen) atoms. The Morgan fingerprint density at radius 3 is 2.65 bits per heavy atom. The molecule has 0 saturated carbocycles. The summed E-state index contributed by atoms with van der Waals surface area (Å²) in [5.74, 6) is 0.328. The summed E-state index contributed by atoms with van der Waals surface area (Å²) in [6.45, 7) is 5.80. The van der Waals surface area contributed by atoms with E-state index in [0.29, 0.717) is 23.9 Å². The molecule has 1 heterocycles. The van der Waals surface area contributed by atoms with Crippen molar-refractivity contribution in [1.82, 2.24) is 9.21 Å². The fraction of sp³-hybridized carbons (Fsp3) is 0.571. The number of aryl methyl sites for hydroxylation is 1. The van der Waals surface area contributed by atoms with Crippen LogP contribution in [0.5, 0.6) is 0 Å². The Hall–Kier alpha value is -0.620. The fourth-order valence-electron chi connectivity index (χ4n) is 2.33. The molecule has 1 aromatic rings. The van der Waals surface area contributed by atoms with Crippen molar-refractivity contribution in [2.75, 3.05) is 26.7 Å². The molecule has 112 valence electrons. The van der Waals surface area contributed by atoms with E-state index in [1.807, 2.05) is 27.0 Å². The zero-order valence-electron chi connectivity index (χ0n) is 12.1. The summed E-state index contributed by atoms with van der Waals surface area (Å²) in [5, 5.41) is 0. The van der Waals surface area contributed by atoms with Crippen molar-refractivity contribution in [1.29, 1.82) is 0 Å². The molecule has 1 aromatic carbocycles. The van der Waals surface area contributed by atoms with Crippen LogP contribution in [0, 0.1) is 6.92 Å². The maximum Gasteiger partial charge on any atom is 0.243 e. The molecule has 0 spiro atoms. The maximum absolute atomic E-state index is 12.7. The van der Waals surface area contributed by atoms with Gasteiger partial charge in [0.25, 0.3) is 0 Å². The summed E-state index contributed by atoms with van der Waals surface area (Å²) < 4.78 is 26.9. The van der Waals surface area contributed by atoms with Crippen molar-refractivity contribution < 1.29 is 8.42 Å². The smallest absolute Gasteiger partial charge is 0.243 e. The topological polar surface area (TPSA) is 40.6 Å². The highest BCUT2D eigenvalue weighted by Gasteiger charge is 2.30. The Balaban J connectivity index is 2.31. The molecule has 0 N–H and O–H groups in total. The molecule has 0 bridgehead atoms. The van der Waals surface area contributed by atoms with Gasteiger partial charge in [0.15, 0.2) is 0 Å². The van der Waals surface area contributed by atoms with Crippen LogP contribution >= 0.6 is 11.6 Å². The summed E-state index contributed by atoms with van der Waals surface area (Å²) in [5.41, 5.74) is 1.89. The molecular formula is C14H21ClN2O2S. The molecule has 1 atom stereocenters. The van der Waals surface area contributed by atoms with E-state index in [2.05, 4.69) is 4.90 Å². The van der Waals surface area contributed by atoms with Crippen LogP contribution in [0.3, 0.4) is 0 Å². The average molecular weight is 317 g/mol. The lowest BCUT2D eigenvalue weighted by Crippen LogP contribution is -2.51. The van der Waals surface area contributed by atoms with Crippen LogP contribution in [-0.2, 0) is 15.9 Å². The molecule has 1 aliphatic rings. The third-order valence-corrected chi connectivity index (χ3v) is 6.17. The predicted molar refractivity (Wildman–Crippen MR) is 81.6 cm³/mol. The lowest BCUT2D eigenvalue weighted by molar-refractivity contribution is 0.159. The summed E-state index contributed by atoms with van der Waals surface area (Å²) in [7, 11) is -1.40. The molecule has 0 radical (unpaired) electrons. The molecule has 6 heteroatoms. The number of hydrogen-bond donors (Lipinski definition) is 0. The molecule has 0 amide bonds. The summed E-state index contributed by atoms with van der Waals surface area (Å²) >= 11 is 5.87. The van der Waals surface area contributed by atoms with E-state index >= 15 is 0 Å². The number of halogens is 1. The standard InChI is InChI=1S/C14H21ClN2O2S/c1-11-4-5-14(8-13(11)9-15)20(18,19)17-7-6-16(3)12(2)10-17/h4-5,8,12H,6-7,9-10H2,1-3H3. The van der Waals surface area contributed by atoms with Gasteiger partial charge in [-0.15, -0.1) is 11.6 Å². The van der Waals surface area contributed by atoms with Gasteiger partial charge in [-0.25, -0.2) is 8.42 Å². The zero-order valence-corrected chi connectivity index (χ0v) is 13.7. The van der Waals surface area contributed by atoms with Crippen LogP contribution in [0.2, 0.25) is 0 Å². The first-order valence-corrected chi connectivity index (χ1v) is 8.69. The number of benzene rings is 1. The lowest BCUT2D eigenvalue weighted by atomic mass is 10.1. The van der Waals surface area contributed by atoms with E-state index < -0.39 is 10.0 Å². The Labute approximate surface area is 126 Å². The van der Waals surface area contributed by atoms with E-state index in [0.717, 1.165) is 17.7 Å². The SMILES string of the molecule is Cc1ccc(S(=O)(=O)N2CCN(C)C(C)C2)cc1CCl. The van der Waals surface area contributed by atoms with Crippen LogP contribution in [0.25, 0.3) is 0 Å². The van der Waals surface area contributed by atoms with Gasteiger partial charge in [0.05, 0.1) is 4.90 Å². The third kappa shape index (κ3) is 3.01. The maximum atomic E-state index is 12.7. The Morgan fingerprint density at radius 1 is 1.35 bits per heavy atom. The van der Waals surface area contributed by atoms with Gasteiger partial charge in [0, 0.05) is 31.6 Å². The molecule has 2 rings (SSSR count). The quantitative estimate of drug-likeness (QED) is 0.801. The van der Waals surface area contributed by atoms with E-state index in [4.69, 9.17) is 11.6 Å². The number of hydrogen-bond acceptors (Lipinski definition) is 3. The Bertz CT molecular complexity index is 589. The summed E-state index contributed by atoms with van der Waals surface area (Å²) in [4.78, 5) is 2.52. The molecule has 0 aromatic heterocycles. The molecule has 1 unspecified atom stereocenters. The summed E-state index contributed by atoms with van der Waals surface area (Å²) in [6.07, 6.45) is 0. The number of alkyl halides is 1. The first kappa shape index (κ1) is 15.8. The van der Waals surface area contributed by atoms with Gasteiger partial charge in [0.1, 0.15) is 0 Å². The molecule has 0 aliphatic carbocycles. The second-order valence-electron chi connectivity index (χ2n) is 5.41. The highest BCUT2D eigenvalue weighted by Crippen LogP contribution is 2.22. The monoisotopic (exact) mass is 316 g/mol. The second kappa shape index (κ2) is 6.02. The van der Waals surface area contributed by atoms with Crippen molar-refractivity contribution in [3.8, 4) is 0 Å². The second-order valence-corrected chi connectivity index (χ2v) is 7.62. The van der Waals surface area contributed by atoms with Crippen molar-refractivity contribution in [2.24, 2.45) is 0 Å². The van der Waals surface area contributed by atoms with Gasteiger partial charge < -0.3 is 4.90 Å². The largest absolute Gasteiger partial charge is 0.301 e. The first-order chi connectivity index (χ1) is 9.36. The van der Waals surface area contributed by atoms with Crippen LogP contribution in [-0.4, -0.2) is 50.3 Å². The van der Waals surface area contributed by atoms with E-state index in [1.54, 1.807) is 16.4 Å². The van der Waals surface area contributed by atoms with E-state index in [1.165, 1.54) is 0 Å². The number of nitrogens with zero attached hydrogens (tertiary/aromatic N) is 2. The van der Waals surface area contributed by atoms with Crippen molar-refractivity contribution in [2.45, 2.75) is 30.7 Å². The van der Waals surface area contributed by atoms with Gasteiger partial charge in [-0.2, -0.15) is 4.31 Å². The zero-order chi connectivity index (χ0) is 14.9. The van der Waals surface area contributed by atoms with Gasteiger partial charge in [0.2, 0.25) is 10.0 Å². The molecule has 1 aliphatic heterocycles. The Kier molecular flexibility index (Phi) is 4.74. The molecule has 1 saturated heterocycles. The van der Waals surface area contributed by atoms with E-state index in [9.17, 15) is 8.42 Å². The van der Waals surface area contributed by atoms with Gasteiger partial charge in [-0.05, 0) is 44.2 Å². The minimum atomic E-state index is -3.42. The van der Waals surface area contributed by atoms with Crippen LogP contribution in [0.4, 0.5) is 0 Å². The van der Waals surface area contributed by atoms with Crippen molar-refractivity contribution >= 4 is 21.6 Å². The fourth-order valence-corrected chi connectivity index (χ4v) is 4.19. The highest BCUT2D eigenvalue weighted by atomic mass is 35.5. The van der Waals surface area contributed by atoms with E-state index in [-0.39, 0.29) is 6.04 Å². The minimum Gasteiger partial charge on any atom is -0.301 e. The number of rotatable bonds is 3. The molecular weight excluding hydrogens is 296 g/mol. The summed E-state index contributed by atoms with van der Waals surface area (Å²) in [6, 6.07) is 5.42. The molecule has 4 nitrogen and oxygen atoms in total. The average Bonchev–Trinajstić information content (AvgIpc) is 2.42. The normalized spacial score (nSPS) is 22.1. The molecule has 1 fully saturated rings. The Morgan fingerprint density at radius 2 is 2.05 bits per heavy atom. The van der Waals surface area contributed by atoms with Gasteiger partial charge in [-0.1, -0.05) is 6.07 Å². The van der Waals surface area contributed by atoms with Crippen LogP contribution in [0.15, 0.2) is 23.1 Å². The number of piperazine rings is 1. The lowest BCUT2D eigenvalue weighted by Gasteiger charge is -2.36. The number of likely N-dealkylation sites (N-methyl/N-ethyl adjacent to an activating group) is 1. The van der Waals surface area contributed by atoms with Gasteiger partial charge >= 0.3 is 0 Å². The van der Waals surface area contributed by atoms with Crippen LogP contribution in [0.1, 0.15) is 18.1 Å². The third-order valence-electron chi connectivity index (χ3n) is 4.02. The first-order valence-electron chi connectivity index (χ1n) is 6.72. The minimum absolute atomic E-state index is 0.233. The highest BCUT2D eigenvalue weighted by molar-refractivity contribution is 7.89. The van der Waals surface area contributed by atoms with Crippen LogP contribution < -0.4 is 0 Å².